The molecule has 0 aliphatic heterocycles. The van der Waals surface area contributed by atoms with Crippen LogP contribution in [0.3, 0.4) is 0 Å². The van der Waals surface area contributed by atoms with Crippen LogP contribution in [0.4, 0.5) is 0 Å². The molecule has 22 heavy (non-hydrogen) atoms. The number of guanidine groups is 1. The molecule has 0 unspecified atom stereocenters. The average Bonchev–Trinajstić information content (AvgIpc) is 2.51. The first-order chi connectivity index (χ1) is 10.7. The molecule has 0 saturated heterocycles. The molecular formula is C17H29N3OS. The third-order valence-electron chi connectivity index (χ3n) is 3.34. The van der Waals surface area contributed by atoms with Crippen molar-refractivity contribution in [3.05, 3.63) is 29.3 Å². The lowest BCUT2D eigenvalue weighted by atomic mass is 10.1. The lowest BCUT2D eigenvalue weighted by Gasteiger charge is -2.14. The molecule has 2 N–H and O–H groups in total. The van der Waals surface area contributed by atoms with E-state index in [1.165, 1.54) is 29.7 Å². The molecule has 0 amide bonds. The number of ether oxygens (including phenoxy) is 1. The first-order valence-electron chi connectivity index (χ1n) is 7.81. The molecule has 0 bridgehead atoms. The van der Waals surface area contributed by atoms with Crippen LogP contribution in [0.15, 0.2) is 23.2 Å². The molecule has 0 heterocycles. The van der Waals surface area contributed by atoms with Gasteiger partial charge < -0.3 is 15.4 Å². The van der Waals surface area contributed by atoms with E-state index in [9.17, 15) is 0 Å². The van der Waals surface area contributed by atoms with Crippen molar-refractivity contribution >= 4 is 17.7 Å². The molecule has 5 heteroatoms. The number of aryl methyl sites for hydroxylation is 2. The van der Waals surface area contributed by atoms with E-state index in [0.717, 1.165) is 24.8 Å². The standard InChI is InChI=1S/C17H29N3OS/c1-14-8-7-9-15(2)16(14)21-12-11-20-17(18-3)19-10-5-6-13-22-4/h7-9H,5-6,10-13H2,1-4H3,(H2,18,19,20). The lowest BCUT2D eigenvalue weighted by molar-refractivity contribution is 0.317. The van der Waals surface area contributed by atoms with Gasteiger partial charge in [-0.05, 0) is 49.8 Å². The summed E-state index contributed by atoms with van der Waals surface area (Å²) in [4.78, 5) is 4.22. The molecule has 0 saturated carbocycles. The summed E-state index contributed by atoms with van der Waals surface area (Å²) in [5, 5.41) is 6.60. The van der Waals surface area contributed by atoms with Crippen molar-refractivity contribution in [2.24, 2.45) is 4.99 Å². The predicted octanol–water partition coefficient (Wildman–Crippen LogP) is 2.99. The fourth-order valence-electron chi connectivity index (χ4n) is 2.15. The molecule has 124 valence electrons. The first-order valence-corrected chi connectivity index (χ1v) is 9.21. The van der Waals surface area contributed by atoms with Crippen LogP contribution in [0.5, 0.6) is 5.75 Å². The van der Waals surface area contributed by atoms with Crippen LogP contribution in [0.25, 0.3) is 0 Å². The van der Waals surface area contributed by atoms with Gasteiger partial charge in [-0.25, -0.2) is 0 Å². The number of unbranched alkanes of at least 4 members (excludes halogenated alkanes) is 1. The number of aliphatic imine (C=N–C) groups is 1. The summed E-state index contributed by atoms with van der Waals surface area (Å²) in [5.41, 5.74) is 2.35. The number of thioether (sulfide) groups is 1. The van der Waals surface area contributed by atoms with Gasteiger partial charge >= 0.3 is 0 Å². The SMILES string of the molecule is CN=C(NCCCCSC)NCCOc1c(C)cccc1C. The van der Waals surface area contributed by atoms with Crippen molar-refractivity contribution in [3.63, 3.8) is 0 Å². The van der Waals surface area contributed by atoms with E-state index < -0.39 is 0 Å². The van der Waals surface area contributed by atoms with Gasteiger partial charge in [0.05, 0.1) is 6.54 Å². The van der Waals surface area contributed by atoms with E-state index in [2.05, 4.69) is 53.9 Å². The van der Waals surface area contributed by atoms with E-state index >= 15 is 0 Å². The predicted molar refractivity (Wildman–Crippen MR) is 98.4 cm³/mol. The zero-order chi connectivity index (χ0) is 16.2. The third-order valence-corrected chi connectivity index (χ3v) is 4.04. The Morgan fingerprint density at radius 3 is 2.45 bits per heavy atom. The highest BCUT2D eigenvalue weighted by Gasteiger charge is 2.03. The van der Waals surface area contributed by atoms with Crippen molar-refractivity contribution < 1.29 is 4.74 Å². The second-order valence-corrected chi connectivity index (χ2v) is 6.18. The number of para-hydroxylation sites is 1. The molecule has 4 nitrogen and oxygen atoms in total. The van der Waals surface area contributed by atoms with Crippen molar-refractivity contribution in [2.75, 3.05) is 38.8 Å². The molecule has 0 radical (unpaired) electrons. The number of benzene rings is 1. The Hall–Kier alpha value is -1.36. The highest BCUT2D eigenvalue weighted by molar-refractivity contribution is 7.98. The van der Waals surface area contributed by atoms with Gasteiger partial charge in [-0.15, -0.1) is 0 Å². The van der Waals surface area contributed by atoms with Gasteiger partial charge in [-0.3, -0.25) is 4.99 Å². The summed E-state index contributed by atoms with van der Waals surface area (Å²) < 4.78 is 5.87. The summed E-state index contributed by atoms with van der Waals surface area (Å²) in [6.07, 6.45) is 4.55. The van der Waals surface area contributed by atoms with Gasteiger partial charge in [0.15, 0.2) is 5.96 Å². The summed E-state index contributed by atoms with van der Waals surface area (Å²) >= 11 is 1.89. The molecule has 0 aliphatic rings. The Morgan fingerprint density at radius 1 is 1.14 bits per heavy atom. The Balaban J connectivity index is 2.22. The molecule has 1 rings (SSSR count). The minimum absolute atomic E-state index is 0.624. The summed E-state index contributed by atoms with van der Waals surface area (Å²) in [6, 6.07) is 6.20. The molecule has 1 aromatic carbocycles. The number of rotatable bonds is 9. The Labute approximate surface area is 139 Å². The van der Waals surface area contributed by atoms with E-state index in [-0.39, 0.29) is 0 Å². The van der Waals surface area contributed by atoms with Crippen molar-refractivity contribution in [2.45, 2.75) is 26.7 Å². The molecule has 0 aliphatic carbocycles. The van der Waals surface area contributed by atoms with Crippen LogP contribution in [-0.4, -0.2) is 44.7 Å². The van der Waals surface area contributed by atoms with Crippen molar-refractivity contribution in [3.8, 4) is 5.75 Å². The second-order valence-electron chi connectivity index (χ2n) is 5.20. The average molecular weight is 324 g/mol. The van der Waals surface area contributed by atoms with E-state index in [4.69, 9.17) is 4.74 Å². The van der Waals surface area contributed by atoms with Crippen LogP contribution in [-0.2, 0) is 0 Å². The normalized spacial score (nSPS) is 11.4. The zero-order valence-electron chi connectivity index (χ0n) is 14.2. The largest absolute Gasteiger partial charge is 0.491 e. The molecule has 0 atom stereocenters. The Morgan fingerprint density at radius 2 is 1.82 bits per heavy atom. The fraction of sp³-hybridized carbons (Fsp3) is 0.588. The third kappa shape index (κ3) is 7.07. The van der Waals surface area contributed by atoms with E-state index in [1.54, 1.807) is 7.05 Å². The summed E-state index contributed by atoms with van der Waals surface area (Å²) in [7, 11) is 1.80. The molecule has 0 fully saturated rings. The van der Waals surface area contributed by atoms with Crippen LogP contribution >= 0.6 is 11.8 Å². The maximum Gasteiger partial charge on any atom is 0.191 e. The maximum absolute atomic E-state index is 5.87. The van der Waals surface area contributed by atoms with Gasteiger partial charge in [-0.2, -0.15) is 11.8 Å². The van der Waals surface area contributed by atoms with Gasteiger partial charge in [0.2, 0.25) is 0 Å². The van der Waals surface area contributed by atoms with Crippen molar-refractivity contribution in [1.82, 2.24) is 10.6 Å². The van der Waals surface area contributed by atoms with Crippen LogP contribution in [0, 0.1) is 13.8 Å². The second kappa shape index (κ2) is 11.2. The quantitative estimate of drug-likeness (QED) is 0.417. The lowest BCUT2D eigenvalue weighted by Crippen LogP contribution is -2.39. The number of hydrogen-bond donors (Lipinski definition) is 2. The molecular weight excluding hydrogens is 294 g/mol. The van der Waals surface area contributed by atoms with Gasteiger partial charge in [0.25, 0.3) is 0 Å². The molecule has 0 spiro atoms. The molecule has 1 aromatic rings. The van der Waals surface area contributed by atoms with Crippen molar-refractivity contribution in [1.29, 1.82) is 0 Å². The number of hydrogen-bond acceptors (Lipinski definition) is 3. The fourth-order valence-corrected chi connectivity index (χ4v) is 2.64. The number of nitrogens with zero attached hydrogens (tertiary/aromatic N) is 1. The maximum atomic E-state index is 5.87. The summed E-state index contributed by atoms with van der Waals surface area (Å²) in [6.45, 7) is 6.46. The van der Waals surface area contributed by atoms with E-state index in [1.807, 2.05) is 11.8 Å². The molecule has 0 aromatic heterocycles. The minimum atomic E-state index is 0.624. The summed E-state index contributed by atoms with van der Waals surface area (Å²) in [5.74, 6) is 3.05. The zero-order valence-corrected chi connectivity index (χ0v) is 15.1. The monoisotopic (exact) mass is 323 g/mol. The Bertz CT molecular complexity index is 443. The van der Waals surface area contributed by atoms with Gasteiger partial charge in [0.1, 0.15) is 12.4 Å². The minimum Gasteiger partial charge on any atom is -0.491 e. The van der Waals surface area contributed by atoms with Crippen LogP contribution in [0.2, 0.25) is 0 Å². The van der Waals surface area contributed by atoms with Crippen LogP contribution < -0.4 is 15.4 Å². The first kappa shape index (κ1) is 18.7. The highest BCUT2D eigenvalue weighted by Crippen LogP contribution is 2.21. The number of nitrogens with one attached hydrogen (secondary N) is 2. The Kier molecular flexibility index (Phi) is 9.55. The van der Waals surface area contributed by atoms with E-state index in [0.29, 0.717) is 6.61 Å². The highest BCUT2D eigenvalue weighted by atomic mass is 32.2. The van der Waals surface area contributed by atoms with Crippen LogP contribution in [0.1, 0.15) is 24.0 Å². The topological polar surface area (TPSA) is 45.7 Å². The smallest absolute Gasteiger partial charge is 0.191 e. The van der Waals surface area contributed by atoms with Gasteiger partial charge in [-0.1, -0.05) is 18.2 Å². The van der Waals surface area contributed by atoms with Gasteiger partial charge in [0, 0.05) is 13.6 Å².